The molecule has 0 saturated heterocycles. The standard InChI is InChI=1S/C18H19N5O3/c1-10-6-7-19-18-20-16(21-23(10)18)17(25)26-9-15(24)14-8-11(2)22(12(14)3)13-4-5-13/h6-8,13H,4-5,9H2,1-3H3. The third-order valence-corrected chi connectivity index (χ3v) is 4.64. The summed E-state index contributed by atoms with van der Waals surface area (Å²) in [6.07, 6.45) is 3.88. The Balaban J connectivity index is 1.48. The zero-order valence-electron chi connectivity index (χ0n) is 14.9. The van der Waals surface area contributed by atoms with E-state index in [9.17, 15) is 9.59 Å². The van der Waals surface area contributed by atoms with Crippen molar-refractivity contribution in [1.29, 1.82) is 0 Å². The molecule has 1 aliphatic rings. The van der Waals surface area contributed by atoms with Gasteiger partial charge in [-0.3, -0.25) is 4.79 Å². The Hall–Kier alpha value is -3.03. The molecule has 0 aliphatic heterocycles. The van der Waals surface area contributed by atoms with E-state index >= 15 is 0 Å². The molecular formula is C18H19N5O3. The van der Waals surface area contributed by atoms with Crippen molar-refractivity contribution in [3.05, 3.63) is 46.8 Å². The first-order chi connectivity index (χ1) is 12.5. The molecule has 1 fully saturated rings. The van der Waals surface area contributed by atoms with Crippen LogP contribution in [0.2, 0.25) is 0 Å². The topological polar surface area (TPSA) is 91.4 Å². The number of carbonyl (C=O) groups excluding carboxylic acids is 2. The van der Waals surface area contributed by atoms with Gasteiger partial charge in [0.15, 0.2) is 6.61 Å². The first-order valence-corrected chi connectivity index (χ1v) is 8.53. The summed E-state index contributed by atoms with van der Waals surface area (Å²) >= 11 is 0. The summed E-state index contributed by atoms with van der Waals surface area (Å²) in [4.78, 5) is 32.8. The number of esters is 1. The fourth-order valence-electron chi connectivity index (χ4n) is 3.22. The van der Waals surface area contributed by atoms with E-state index in [0.717, 1.165) is 29.9 Å². The van der Waals surface area contributed by atoms with Crippen molar-refractivity contribution in [1.82, 2.24) is 24.1 Å². The lowest BCUT2D eigenvalue weighted by atomic mass is 10.1. The molecule has 134 valence electrons. The van der Waals surface area contributed by atoms with Crippen molar-refractivity contribution in [3.8, 4) is 0 Å². The predicted molar refractivity (Wildman–Crippen MR) is 92.3 cm³/mol. The molecular weight excluding hydrogens is 334 g/mol. The molecule has 0 unspecified atom stereocenters. The second kappa shape index (κ2) is 6.05. The molecule has 0 spiro atoms. The van der Waals surface area contributed by atoms with Gasteiger partial charge in [-0.25, -0.2) is 14.3 Å². The molecule has 1 aliphatic carbocycles. The lowest BCUT2D eigenvalue weighted by molar-refractivity contribution is 0.0462. The first-order valence-electron chi connectivity index (χ1n) is 8.53. The van der Waals surface area contributed by atoms with E-state index in [4.69, 9.17) is 4.74 Å². The number of ketones is 1. The Bertz CT molecular complexity index is 1030. The van der Waals surface area contributed by atoms with Crippen molar-refractivity contribution >= 4 is 17.5 Å². The van der Waals surface area contributed by atoms with Crippen LogP contribution in [0, 0.1) is 20.8 Å². The van der Waals surface area contributed by atoms with Crippen LogP contribution in [0.1, 0.15) is 56.9 Å². The molecule has 0 radical (unpaired) electrons. The van der Waals surface area contributed by atoms with Crippen LogP contribution in [0.15, 0.2) is 18.3 Å². The number of hydrogen-bond donors (Lipinski definition) is 0. The van der Waals surface area contributed by atoms with E-state index in [2.05, 4.69) is 19.6 Å². The van der Waals surface area contributed by atoms with Crippen LogP contribution >= 0.6 is 0 Å². The summed E-state index contributed by atoms with van der Waals surface area (Å²) in [7, 11) is 0. The molecule has 0 atom stereocenters. The smallest absolute Gasteiger partial charge is 0.378 e. The Morgan fingerprint density at radius 1 is 1.23 bits per heavy atom. The average molecular weight is 353 g/mol. The fourth-order valence-corrected chi connectivity index (χ4v) is 3.22. The number of carbonyl (C=O) groups is 2. The predicted octanol–water partition coefficient (Wildman–Crippen LogP) is 2.23. The van der Waals surface area contributed by atoms with Crippen LogP contribution in [-0.4, -0.2) is 42.5 Å². The lowest BCUT2D eigenvalue weighted by Gasteiger charge is -2.07. The molecule has 0 aromatic carbocycles. The highest BCUT2D eigenvalue weighted by molar-refractivity contribution is 6.00. The molecule has 26 heavy (non-hydrogen) atoms. The van der Waals surface area contributed by atoms with E-state index in [0.29, 0.717) is 17.4 Å². The Kier molecular flexibility index (Phi) is 3.82. The fraction of sp³-hybridized carbons (Fsp3) is 0.389. The quantitative estimate of drug-likeness (QED) is 0.516. The van der Waals surface area contributed by atoms with Crippen molar-refractivity contribution in [2.75, 3.05) is 6.61 Å². The monoisotopic (exact) mass is 353 g/mol. The highest BCUT2D eigenvalue weighted by atomic mass is 16.5. The zero-order chi connectivity index (χ0) is 18.4. The number of aryl methyl sites for hydroxylation is 2. The maximum Gasteiger partial charge on any atom is 0.378 e. The minimum absolute atomic E-state index is 0.108. The van der Waals surface area contributed by atoms with Gasteiger partial charge in [-0.05, 0) is 45.7 Å². The molecule has 0 bridgehead atoms. The third kappa shape index (κ3) is 2.77. The second-order valence-corrected chi connectivity index (χ2v) is 6.62. The van der Waals surface area contributed by atoms with E-state index < -0.39 is 5.97 Å². The molecule has 1 saturated carbocycles. The molecule has 8 nitrogen and oxygen atoms in total. The lowest BCUT2D eigenvalue weighted by Crippen LogP contribution is -2.16. The summed E-state index contributed by atoms with van der Waals surface area (Å²) in [6.45, 7) is 5.41. The van der Waals surface area contributed by atoms with Gasteiger partial charge in [0.05, 0.1) is 0 Å². The van der Waals surface area contributed by atoms with Crippen molar-refractivity contribution in [3.63, 3.8) is 0 Å². The molecule has 3 aromatic rings. The van der Waals surface area contributed by atoms with Crippen LogP contribution in [0.25, 0.3) is 5.78 Å². The van der Waals surface area contributed by atoms with Gasteiger partial charge in [0.25, 0.3) is 11.6 Å². The highest BCUT2D eigenvalue weighted by Crippen LogP contribution is 2.38. The Morgan fingerprint density at radius 2 is 2.00 bits per heavy atom. The SMILES string of the molecule is Cc1cc(C(=O)COC(=O)c2nc3nccc(C)n3n2)c(C)n1C1CC1. The molecule has 3 heterocycles. The summed E-state index contributed by atoms with van der Waals surface area (Å²) in [5.41, 5.74) is 3.38. The Labute approximate surface area is 149 Å². The van der Waals surface area contributed by atoms with Gasteiger partial charge in [0.2, 0.25) is 5.78 Å². The van der Waals surface area contributed by atoms with E-state index in [1.807, 2.05) is 26.8 Å². The normalized spacial score (nSPS) is 14.0. The van der Waals surface area contributed by atoms with Crippen LogP contribution < -0.4 is 0 Å². The van der Waals surface area contributed by atoms with Crippen molar-refractivity contribution in [2.45, 2.75) is 39.7 Å². The van der Waals surface area contributed by atoms with Crippen LogP contribution in [0.3, 0.4) is 0 Å². The van der Waals surface area contributed by atoms with Crippen LogP contribution in [-0.2, 0) is 4.74 Å². The van der Waals surface area contributed by atoms with Crippen molar-refractivity contribution in [2.24, 2.45) is 0 Å². The minimum Gasteiger partial charge on any atom is -0.451 e. The third-order valence-electron chi connectivity index (χ3n) is 4.64. The second-order valence-electron chi connectivity index (χ2n) is 6.62. The summed E-state index contributed by atoms with van der Waals surface area (Å²) in [5.74, 6) is -0.755. The molecule has 8 heteroatoms. The summed E-state index contributed by atoms with van der Waals surface area (Å²) in [5, 5.41) is 4.08. The highest BCUT2D eigenvalue weighted by Gasteiger charge is 2.28. The van der Waals surface area contributed by atoms with E-state index in [1.165, 1.54) is 4.52 Å². The van der Waals surface area contributed by atoms with Gasteiger partial charge in [0, 0.05) is 34.9 Å². The van der Waals surface area contributed by atoms with E-state index in [-0.39, 0.29) is 18.2 Å². The average Bonchev–Trinajstić information content (AvgIpc) is 3.25. The Morgan fingerprint density at radius 3 is 2.69 bits per heavy atom. The van der Waals surface area contributed by atoms with Gasteiger partial charge < -0.3 is 9.30 Å². The summed E-state index contributed by atoms with van der Waals surface area (Å²) in [6, 6.07) is 4.12. The van der Waals surface area contributed by atoms with Crippen molar-refractivity contribution < 1.29 is 14.3 Å². The van der Waals surface area contributed by atoms with Gasteiger partial charge in [-0.2, -0.15) is 4.98 Å². The molecule has 3 aromatic heterocycles. The van der Waals surface area contributed by atoms with Crippen LogP contribution in [0.4, 0.5) is 0 Å². The maximum absolute atomic E-state index is 12.5. The van der Waals surface area contributed by atoms with Gasteiger partial charge in [-0.15, -0.1) is 5.10 Å². The van der Waals surface area contributed by atoms with E-state index in [1.54, 1.807) is 12.3 Å². The largest absolute Gasteiger partial charge is 0.451 e. The molecule has 0 amide bonds. The first kappa shape index (κ1) is 16.4. The number of Topliss-reactive ketones (excluding diaryl/α,β-unsaturated/α-hetero) is 1. The minimum atomic E-state index is -0.737. The molecule has 4 rings (SSSR count). The number of hydrogen-bond acceptors (Lipinski definition) is 6. The number of fused-ring (bicyclic) bond motifs is 1. The maximum atomic E-state index is 12.5. The van der Waals surface area contributed by atoms with Gasteiger partial charge in [-0.1, -0.05) is 0 Å². The van der Waals surface area contributed by atoms with Crippen LogP contribution in [0.5, 0.6) is 0 Å². The summed E-state index contributed by atoms with van der Waals surface area (Å²) < 4.78 is 8.78. The molecule has 0 N–H and O–H groups in total. The van der Waals surface area contributed by atoms with Gasteiger partial charge >= 0.3 is 5.97 Å². The number of aromatic nitrogens is 5. The zero-order valence-corrected chi connectivity index (χ0v) is 14.9. The number of rotatable bonds is 5. The van der Waals surface area contributed by atoms with Gasteiger partial charge in [0.1, 0.15) is 0 Å². The number of ether oxygens (including phenoxy) is 1. The number of nitrogens with zero attached hydrogens (tertiary/aromatic N) is 5.